The van der Waals surface area contributed by atoms with E-state index >= 15 is 0 Å². The number of benzene rings is 3. The SMILES string of the molecule is COc1ccc2cc(CNCC(c3ccc(F)cc3)N(C)C)ccc2c1. The average molecular weight is 352 g/mol. The van der Waals surface area contributed by atoms with E-state index in [1.165, 1.54) is 28.5 Å². The summed E-state index contributed by atoms with van der Waals surface area (Å²) in [5.41, 5.74) is 2.34. The molecule has 3 aromatic carbocycles. The van der Waals surface area contributed by atoms with Gasteiger partial charge in [0.1, 0.15) is 11.6 Å². The summed E-state index contributed by atoms with van der Waals surface area (Å²) < 4.78 is 18.4. The minimum atomic E-state index is -0.202. The monoisotopic (exact) mass is 352 g/mol. The molecular weight excluding hydrogens is 327 g/mol. The fourth-order valence-electron chi connectivity index (χ4n) is 3.15. The number of rotatable bonds is 7. The second-order valence-electron chi connectivity index (χ2n) is 6.71. The molecule has 0 amide bonds. The van der Waals surface area contributed by atoms with Crippen LogP contribution in [0.15, 0.2) is 60.7 Å². The minimum Gasteiger partial charge on any atom is -0.497 e. The van der Waals surface area contributed by atoms with Crippen molar-refractivity contribution in [3.05, 3.63) is 77.6 Å². The lowest BCUT2D eigenvalue weighted by molar-refractivity contribution is 0.288. The van der Waals surface area contributed by atoms with Crippen LogP contribution in [-0.4, -0.2) is 32.6 Å². The molecule has 0 spiro atoms. The second kappa shape index (κ2) is 8.30. The summed E-state index contributed by atoms with van der Waals surface area (Å²) in [6, 6.07) is 19.5. The van der Waals surface area contributed by atoms with Gasteiger partial charge in [0.05, 0.1) is 7.11 Å². The summed E-state index contributed by atoms with van der Waals surface area (Å²) in [6.45, 7) is 1.58. The molecular formula is C22H25FN2O. The molecule has 0 bridgehead atoms. The molecule has 0 saturated carbocycles. The maximum absolute atomic E-state index is 13.2. The van der Waals surface area contributed by atoms with Gasteiger partial charge in [-0.15, -0.1) is 0 Å². The molecule has 3 aromatic rings. The molecule has 0 aliphatic carbocycles. The molecule has 0 aliphatic rings. The van der Waals surface area contributed by atoms with Gasteiger partial charge in [0, 0.05) is 19.1 Å². The molecule has 0 heterocycles. The first-order valence-corrected chi connectivity index (χ1v) is 8.76. The van der Waals surface area contributed by atoms with Crippen molar-refractivity contribution in [2.24, 2.45) is 0 Å². The largest absolute Gasteiger partial charge is 0.497 e. The first-order valence-electron chi connectivity index (χ1n) is 8.76. The number of hydrogen-bond donors (Lipinski definition) is 1. The smallest absolute Gasteiger partial charge is 0.123 e. The van der Waals surface area contributed by atoms with E-state index in [9.17, 15) is 4.39 Å². The van der Waals surface area contributed by atoms with Crippen molar-refractivity contribution in [1.29, 1.82) is 0 Å². The van der Waals surface area contributed by atoms with E-state index in [2.05, 4.69) is 34.5 Å². The Hall–Kier alpha value is -2.43. The van der Waals surface area contributed by atoms with Crippen LogP contribution in [0.1, 0.15) is 17.2 Å². The van der Waals surface area contributed by atoms with E-state index in [0.717, 1.165) is 24.4 Å². The zero-order chi connectivity index (χ0) is 18.5. The summed E-state index contributed by atoms with van der Waals surface area (Å²) in [6.07, 6.45) is 0. The van der Waals surface area contributed by atoms with E-state index in [0.29, 0.717) is 0 Å². The fourth-order valence-corrected chi connectivity index (χ4v) is 3.15. The van der Waals surface area contributed by atoms with E-state index < -0.39 is 0 Å². The van der Waals surface area contributed by atoms with Crippen molar-refractivity contribution in [1.82, 2.24) is 10.2 Å². The normalized spacial score (nSPS) is 12.5. The van der Waals surface area contributed by atoms with Crippen LogP contribution in [-0.2, 0) is 6.54 Å². The second-order valence-corrected chi connectivity index (χ2v) is 6.71. The third-order valence-electron chi connectivity index (χ3n) is 4.66. The van der Waals surface area contributed by atoms with Gasteiger partial charge in [-0.1, -0.05) is 30.3 Å². The van der Waals surface area contributed by atoms with Crippen molar-refractivity contribution in [2.45, 2.75) is 12.6 Å². The minimum absolute atomic E-state index is 0.195. The maximum atomic E-state index is 13.2. The van der Waals surface area contributed by atoms with Gasteiger partial charge >= 0.3 is 0 Å². The van der Waals surface area contributed by atoms with Crippen LogP contribution in [0.2, 0.25) is 0 Å². The van der Waals surface area contributed by atoms with E-state index in [1.807, 2.05) is 38.4 Å². The lowest BCUT2D eigenvalue weighted by atomic mass is 10.0. The highest BCUT2D eigenvalue weighted by Gasteiger charge is 2.13. The summed E-state index contributed by atoms with van der Waals surface area (Å²) >= 11 is 0. The zero-order valence-electron chi connectivity index (χ0n) is 15.5. The van der Waals surface area contributed by atoms with Crippen molar-refractivity contribution in [2.75, 3.05) is 27.7 Å². The van der Waals surface area contributed by atoms with Crippen molar-refractivity contribution in [3.63, 3.8) is 0 Å². The van der Waals surface area contributed by atoms with E-state index in [1.54, 1.807) is 7.11 Å². The molecule has 0 radical (unpaired) electrons. The molecule has 0 aromatic heterocycles. The topological polar surface area (TPSA) is 24.5 Å². The van der Waals surface area contributed by atoms with Gasteiger partial charge in [0.25, 0.3) is 0 Å². The van der Waals surface area contributed by atoms with Crippen molar-refractivity contribution in [3.8, 4) is 5.75 Å². The van der Waals surface area contributed by atoms with Crippen molar-refractivity contribution >= 4 is 10.8 Å². The van der Waals surface area contributed by atoms with Crippen LogP contribution < -0.4 is 10.1 Å². The van der Waals surface area contributed by atoms with Gasteiger partial charge in [-0.05, 0) is 66.3 Å². The Kier molecular flexibility index (Phi) is 5.86. The van der Waals surface area contributed by atoms with Gasteiger partial charge in [0.15, 0.2) is 0 Å². The molecule has 3 nitrogen and oxygen atoms in total. The van der Waals surface area contributed by atoms with Crippen LogP contribution >= 0.6 is 0 Å². The average Bonchev–Trinajstić information content (AvgIpc) is 2.65. The van der Waals surface area contributed by atoms with Gasteiger partial charge in [-0.2, -0.15) is 0 Å². The first-order chi connectivity index (χ1) is 12.6. The Morgan fingerprint density at radius 2 is 1.65 bits per heavy atom. The summed E-state index contributed by atoms with van der Waals surface area (Å²) in [7, 11) is 5.76. The number of fused-ring (bicyclic) bond motifs is 1. The van der Waals surface area contributed by atoms with Crippen LogP contribution in [0, 0.1) is 5.82 Å². The Morgan fingerprint density at radius 1 is 0.962 bits per heavy atom. The van der Waals surface area contributed by atoms with Crippen LogP contribution in [0.4, 0.5) is 4.39 Å². The number of halogens is 1. The van der Waals surface area contributed by atoms with Crippen LogP contribution in [0.5, 0.6) is 5.75 Å². The predicted octanol–water partition coefficient (Wildman–Crippen LogP) is 4.38. The fraction of sp³-hybridized carbons (Fsp3) is 0.273. The molecule has 0 aliphatic heterocycles. The van der Waals surface area contributed by atoms with Crippen LogP contribution in [0.25, 0.3) is 10.8 Å². The molecule has 1 N–H and O–H groups in total. The van der Waals surface area contributed by atoms with Gasteiger partial charge in [-0.3, -0.25) is 0 Å². The number of nitrogens with one attached hydrogen (secondary N) is 1. The highest BCUT2D eigenvalue weighted by molar-refractivity contribution is 5.84. The number of ether oxygens (including phenoxy) is 1. The summed E-state index contributed by atoms with van der Waals surface area (Å²) in [5.74, 6) is 0.670. The standard InChI is InChI=1S/C22H25FN2O/c1-25(2)22(17-6-9-20(23)10-7-17)15-24-14-16-4-5-19-13-21(26-3)11-8-18(19)12-16/h4-13,22,24H,14-15H2,1-3H3. The van der Waals surface area contributed by atoms with Gasteiger partial charge in [-0.25, -0.2) is 4.39 Å². The Labute approximate surface area is 154 Å². The Balaban J connectivity index is 1.65. The summed E-state index contributed by atoms with van der Waals surface area (Å²) in [4.78, 5) is 2.15. The number of likely N-dealkylation sites (N-methyl/N-ethyl adjacent to an activating group) is 1. The van der Waals surface area contributed by atoms with E-state index in [-0.39, 0.29) is 11.9 Å². The highest BCUT2D eigenvalue weighted by atomic mass is 19.1. The van der Waals surface area contributed by atoms with E-state index in [4.69, 9.17) is 4.74 Å². The first kappa shape index (κ1) is 18.4. The third-order valence-corrected chi connectivity index (χ3v) is 4.66. The predicted molar refractivity (Wildman–Crippen MR) is 105 cm³/mol. The Morgan fingerprint density at radius 3 is 2.35 bits per heavy atom. The lowest BCUT2D eigenvalue weighted by Gasteiger charge is -2.25. The number of nitrogens with zero attached hydrogens (tertiary/aromatic N) is 1. The quantitative estimate of drug-likeness (QED) is 0.683. The molecule has 0 saturated heterocycles. The molecule has 4 heteroatoms. The van der Waals surface area contributed by atoms with Crippen LogP contribution in [0.3, 0.4) is 0 Å². The Bertz CT molecular complexity index is 862. The molecule has 1 atom stereocenters. The van der Waals surface area contributed by atoms with Gasteiger partial charge < -0.3 is 15.0 Å². The number of hydrogen-bond acceptors (Lipinski definition) is 3. The molecule has 1 unspecified atom stereocenters. The summed E-state index contributed by atoms with van der Waals surface area (Å²) in [5, 5.41) is 5.90. The van der Waals surface area contributed by atoms with Gasteiger partial charge in [0.2, 0.25) is 0 Å². The number of methoxy groups -OCH3 is 1. The highest BCUT2D eigenvalue weighted by Crippen LogP contribution is 2.22. The van der Waals surface area contributed by atoms with Crippen molar-refractivity contribution < 1.29 is 9.13 Å². The zero-order valence-corrected chi connectivity index (χ0v) is 15.5. The molecule has 0 fully saturated rings. The molecule has 3 rings (SSSR count). The molecule has 26 heavy (non-hydrogen) atoms. The maximum Gasteiger partial charge on any atom is 0.123 e. The third kappa shape index (κ3) is 4.40. The molecule has 136 valence electrons. The lowest BCUT2D eigenvalue weighted by Crippen LogP contribution is -2.30.